The fourth-order valence-corrected chi connectivity index (χ4v) is 0.815. The fourth-order valence-electron chi connectivity index (χ4n) is 0.815. The Kier molecular flexibility index (Phi) is 5.30. The molecule has 0 aliphatic rings. The predicted octanol–water partition coefficient (Wildman–Crippen LogP) is 0.0634. The highest BCUT2D eigenvalue weighted by atomic mass is 16.2. The van der Waals surface area contributed by atoms with Crippen LogP contribution >= 0.6 is 0 Å². The Hall–Kier alpha value is -0.900. The molecule has 1 amide bonds. The second kappa shape index (κ2) is 5.70. The molecule has 0 heterocycles. The van der Waals surface area contributed by atoms with Gasteiger partial charge in [0.25, 0.3) is 0 Å². The third-order valence-corrected chi connectivity index (χ3v) is 1.95. The van der Waals surface area contributed by atoms with Gasteiger partial charge in [-0.25, -0.2) is 0 Å². The van der Waals surface area contributed by atoms with E-state index in [1.807, 2.05) is 20.8 Å². The SMILES string of the molecule is CCC(N)C(=O)NC(C=O)C(C)C. The van der Waals surface area contributed by atoms with Crippen LogP contribution in [0.15, 0.2) is 0 Å². The van der Waals surface area contributed by atoms with E-state index in [9.17, 15) is 9.59 Å². The molecule has 0 radical (unpaired) electrons. The fraction of sp³-hybridized carbons (Fsp3) is 0.778. The largest absolute Gasteiger partial charge is 0.345 e. The van der Waals surface area contributed by atoms with E-state index in [0.717, 1.165) is 6.29 Å². The summed E-state index contributed by atoms with van der Waals surface area (Å²) in [5.41, 5.74) is 5.49. The molecule has 4 heteroatoms. The molecule has 0 bridgehead atoms. The number of hydrogen-bond donors (Lipinski definition) is 2. The normalized spacial score (nSPS) is 15.2. The Morgan fingerprint density at radius 1 is 1.54 bits per heavy atom. The standard InChI is InChI=1S/C9H18N2O2/c1-4-7(10)9(13)11-8(5-12)6(2)3/h5-8H,4,10H2,1-3H3,(H,11,13). The van der Waals surface area contributed by atoms with Gasteiger partial charge in [0.15, 0.2) is 0 Å². The maximum Gasteiger partial charge on any atom is 0.237 e. The highest BCUT2D eigenvalue weighted by Gasteiger charge is 2.18. The summed E-state index contributed by atoms with van der Waals surface area (Å²) >= 11 is 0. The van der Waals surface area contributed by atoms with Crippen molar-refractivity contribution in [3.63, 3.8) is 0 Å². The number of hydrogen-bond acceptors (Lipinski definition) is 3. The Morgan fingerprint density at radius 3 is 2.38 bits per heavy atom. The lowest BCUT2D eigenvalue weighted by Gasteiger charge is -2.18. The molecule has 0 aromatic rings. The van der Waals surface area contributed by atoms with Gasteiger partial charge in [-0.3, -0.25) is 4.79 Å². The van der Waals surface area contributed by atoms with E-state index >= 15 is 0 Å². The van der Waals surface area contributed by atoms with Crippen LogP contribution in [-0.4, -0.2) is 24.3 Å². The molecule has 2 unspecified atom stereocenters. The molecule has 0 aliphatic carbocycles. The Bertz CT molecular complexity index is 180. The van der Waals surface area contributed by atoms with Gasteiger partial charge in [-0.05, 0) is 12.3 Å². The third kappa shape index (κ3) is 4.03. The predicted molar refractivity (Wildman–Crippen MR) is 51.1 cm³/mol. The number of amides is 1. The van der Waals surface area contributed by atoms with Gasteiger partial charge in [0, 0.05) is 0 Å². The number of nitrogens with two attached hydrogens (primary N) is 1. The number of carbonyl (C=O) groups excluding carboxylic acids is 2. The van der Waals surface area contributed by atoms with Gasteiger partial charge < -0.3 is 15.8 Å². The van der Waals surface area contributed by atoms with Crippen LogP contribution in [0.25, 0.3) is 0 Å². The van der Waals surface area contributed by atoms with E-state index in [1.165, 1.54) is 0 Å². The molecule has 0 rings (SSSR count). The third-order valence-electron chi connectivity index (χ3n) is 1.95. The first-order valence-corrected chi connectivity index (χ1v) is 4.54. The van der Waals surface area contributed by atoms with Gasteiger partial charge in [-0.1, -0.05) is 20.8 Å². The van der Waals surface area contributed by atoms with Gasteiger partial charge in [-0.2, -0.15) is 0 Å². The van der Waals surface area contributed by atoms with Gasteiger partial charge in [-0.15, -0.1) is 0 Å². The first kappa shape index (κ1) is 12.1. The monoisotopic (exact) mass is 186 g/mol. The van der Waals surface area contributed by atoms with Crippen LogP contribution in [0.4, 0.5) is 0 Å². The molecule has 3 N–H and O–H groups in total. The van der Waals surface area contributed by atoms with Crippen LogP contribution in [-0.2, 0) is 9.59 Å². The summed E-state index contributed by atoms with van der Waals surface area (Å²) in [4.78, 5) is 21.8. The maximum absolute atomic E-state index is 11.3. The smallest absolute Gasteiger partial charge is 0.237 e. The molecule has 0 aromatic heterocycles. The average Bonchev–Trinajstić information content (AvgIpc) is 2.11. The van der Waals surface area contributed by atoms with Crippen molar-refractivity contribution in [1.29, 1.82) is 0 Å². The molecular weight excluding hydrogens is 168 g/mol. The Labute approximate surface area is 78.9 Å². The van der Waals surface area contributed by atoms with Gasteiger partial charge in [0.2, 0.25) is 5.91 Å². The molecular formula is C9H18N2O2. The Morgan fingerprint density at radius 2 is 2.08 bits per heavy atom. The topological polar surface area (TPSA) is 72.2 Å². The quantitative estimate of drug-likeness (QED) is 0.596. The molecule has 0 fully saturated rings. The number of rotatable bonds is 5. The van der Waals surface area contributed by atoms with Gasteiger partial charge in [0.05, 0.1) is 12.1 Å². The van der Waals surface area contributed by atoms with Crippen molar-refractivity contribution in [3.8, 4) is 0 Å². The maximum atomic E-state index is 11.3. The molecule has 0 aliphatic heterocycles. The van der Waals surface area contributed by atoms with Gasteiger partial charge in [0.1, 0.15) is 6.29 Å². The van der Waals surface area contributed by atoms with Crippen LogP contribution in [0.2, 0.25) is 0 Å². The lowest BCUT2D eigenvalue weighted by Crippen LogP contribution is -2.47. The van der Waals surface area contributed by atoms with Crippen molar-refractivity contribution < 1.29 is 9.59 Å². The van der Waals surface area contributed by atoms with E-state index in [-0.39, 0.29) is 11.8 Å². The van der Waals surface area contributed by atoms with Crippen LogP contribution < -0.4 is 11.1 Å². The van der Waals surface area contributed by atoms with Crippen LogP contribution in [0, 0.1) is 5.92 Å². The molecule has 76 valence electrons. The zero-order chi connectivity index (χ0) is 10.4. The molecule has 0 saturated heterocycles. The Balaban J connectivity index is 4.08. The van der Waals surface area contributed by atoms with E-state index in [0.29, 0.717) is 6.42 Å². The summed E-state index contributed by atoms with van der Waals surface area (Å²) in [5.74, 6) is -0.154. The van der Waals surface area contributed by atoms with Crippen molar-refractivity contribution in [1.82, 2.24) is 5.32 Å². The number of aldehydes is 1. The minimum Gasteiger partial charge on any atom is -0.345 e. The van der Waals surface area contributed by atoms with Crippen molar-refractivity contribution in [2.24, 2.45) is 11.7 Å². The lowest BCUT2D eigenvalue weighted by molar-refractivity contribution is -0.125. The van der Waals surface area contributed by atoms with Crippen molar-refractivity contribution in [2.75, 3.05) is 0 Å². The van der Waals surface area contributed by atoms with Crippen LogP contribution in [0.3, 0.4) is 0 Å². The summed E-state index contributed by atoms with van der Waals surface area (Å²) in [5, 5.41) is 2.58. The summed E-state index contributed by atoms with van der Waals surface area (Å²) in [6.07, 6.45) is 1.32. The zero-order valence-corrected chi connectivity index (χ0v) is 8.41. The number of nitrogens with one attached hydrogen (secondary N) is 1. The zero-order valence-electron chi connectivity index (χ0n) is 8.41. The summed E-state index contributed by atoms with van der Waals surface area (Å²) in [6, 6.07) is -0.939. The molecule has 4 nitrogen and oxygen atoms in total. The van der Waals surface area contributed by atoms with Crippen LogP contribution in [0.5, 0.6) is 0 Å². The lowest BCUT2D eigenvalue weighted by atomic mass is 10.1. The van der Waals surface area contributed by atoms with Crippen molar-refractivity contribution >= 4 is 12.2 Å². The van der Waals surface area contributed by atoms with E-state index in [1.54, 1.807) is 0 Å². The highest BCUT2D eigenvalue weighted by molar-refractivity contribution is 5.84. The second-order valence-corrected chi connectivity index (χ2v) is 3.43. The molecule has 0 spiro atoms. The summed E-state index contributed by atoms with van der Waals surface area (Å²) in [6.45, 7) is 5.57. The molecule has 0 saturated carbocycles. The first-order chi connectivity index (χ1) is 6.02. The van der Waals surface area contributed by atoms with Crippen molar-refractivity contribution in [3.05, 3.63) is 0 Å². The van der Waals surface area contributed by atoms with E-state index in [4.69, 9.17) is 5.73 Å². The van der Waals surface area contributed by atoms with Gasteiger partial charge >= 0.3 is 0 Å². The minimum absolute atomic E-state index is 0.102. The summed E-state index contributed by atoms with van der Waals surface area (Å²) < 4.78 is 0. The minimum atomic E-state index is -0.513. The molecule has 2 atom stereocenters. The van der Waals surface area contributed by atoms with Crippen LogP contribution in [0.1, 0.15) is 27.2 Å². The van der Waals surface area contributed by atoms with E-state index in [2.05, 4.69) is 5.32 Å². The second-order valence-electron chi connectivity index (χ2n) is 3.43. The van der Waals surface area contributed by atoms with E-state index < -0.39 is 12.1 Å². The number of carbonyl (C=O) groups is 2. The summed E-state index contributed by atoms with van der Waals surface area (Å²) in [7, 11) is 0. The molecule has 13 heavy (non-hydrogen) atoms. The first-order valence-electron chi connectivity index (χ1n) is 4.54. The average molecular weight is 186 g/mol. The highest BCUT2D eigenvalue weighted by Crippen LogP contribution is 1.99. The molecule has 0 aromatic carbocycles. The van der Waals surface area contributed by atoms with Crippen molar-refractivity contribution in [2.45, 2.75) is 39.3 Å².